The summed E-state index contributed by atoms with van der Waals surface area (Å²) in [4.78, 5) is 14.6. The number of aryl methyl sites for hydroxylation is 4. The summed E-state index contributed by atoms with van der Waals surface area (Å²) in [6, 6.07) is 4.23. The standard InChI is InChI=1S/C14H19N4O2.BF4/c1-10-7-11(2)16(12(3)8-10)5-6-17-13(4)15-9-14(17)18(19)20;2-1(3,4)5/h7-9H,5-6H2,1-4H3;/q+1;-1. The highest BCUT2D eigenvalue weighted by Gasteiger charge is 2.21. The van der Waals surface area contributed by atoms with Crippen LogP contribution in [-0.2, 0) is 13.1 Å². The molecule has 0 N–H and O–H groups in total. The highest BCUT2D eigenvalue weighted by atomic mass is 19.5. The van der Waals surface area contributed by atoms with Crippen LogP contribution in [0, 0.1) is 37.8 Å². The minimum Gasteiger partial charge on any atom is -0.418 e. The fraction of sp³-hybridized carbons (Fsp3) is 0.429. The summed E-state index contributed by atoms with van der Waals surface area (Å²) >= 11 is 0. The van der Waals surface area contributed by atoms with Gasteiger partial charge in [0.2, 0.25) is 0 Å². The molecule has 0 saturated heterocycles. The highest BCUT2D eigenvalue weighted by molar-refractivity contribution is 6.50. The molecule has 0 aromatic carbocycles. The van der Waals surface area contributed by atoms with Gasteiger partial charge in [0.05, 0.1) is 0 Å². The lowest BCUT2D eigenvalue weighted by atomic mass is 10.2. The molecule has 0 aliphatic rings. The molecule has 138 valence electrons. The van der Waals surface area contributed by atoms with Gasteiger partial charge in [-0.25, -0.2) is 9.55 Å². The van der Waals surface area contributed by atoms with Crippen molar-refractivity contribution in [2.75, 3.05) is 0 Å². The largest absolute Gasteiger partial charge is 0.673 e. The molecule has 0 fully saturated rings. The predicted molar refractivity (Wildman–Crippen MR) is 84.7 cm³/mol. The zero-order chi connectivity index (χ0) is 19.4. The van der Waals surface area contributed by atoms with Gasteiger partial charge in [0.1, 0.15) is 6.20 Å². The van der Waals surface area contributed by atoms with Gasteiger partial charge in [-0.05, 0) is 17.4 Å². The molecule has 0 amide bonds. The predicted octanol–water partition coefficient (Wildman–Crippen LogP) is 3.31. The second kappa shape index (κ2) is 8.08. The smallest absolute Gasteiger partial charge is 0.418 e. The lowest BCUT2D eigenvalue weighted by Crippen LogP contribution is -2.42. The van der Waals surface area contributed by atoms with Crippen LogP contribution in [0.2, 0.25) is 0 Å². The molecule has 2 aromatic rings. The van der Waals surface area contributed by atoms with Crippen molar-refractivity contribution in [2.45, 2.75) is 40.8 Å². The first-order valence-electron chi connectivity index (χ1n) is 7.41. The molecule has 0 aliphatic carbocycles. The Morgan fingerprint density at radius 3 is 2.08 bits per heavy atom. The number of hydrogen-bond acceptors (Lipinski definition) is 3. The van der Waals surface area contributed by atoms with Gasteiger partial charge in [0, 0.05) is 32.9 Å². The number of hydrogen-bond donors (Lipinski definition) is 0. The van der Waals surface area contributed by atoms with E-state index >= 15 is 0 Å². The Labute approximate surface area is 142 Å². The minimum absolute atomic E-state index is 0.0468. The third-order valence-electron chi connectivity index (χ3n) is 3.49. The van der Waals surface area contributed by atoms with E-state index in [1.54, 1.807) is 11.5 Å². The van der Waals surface area contributed by atoms with Crippen molar-refractivity contribution in [3.05, 3.63) is 51.2 Å². The highest BCUT2D eigenvalue weighted by Crippen LogP contribution is 2.13. The number of halogens is 4. The van der Waals surface area contributed by atoms with Crippen molar-refractivity contribution in [1.82, 2.24) is 9.55 Å². The molecular formula is C14H19BF4N4O2. The van der Waals surface area contributed by atoms with Gasteiger partial charge in [0.15, 0.2) is 30.3 Å². The second-order valence-corrected chi connectivity index (χ2v) is 5.53. The summed E-state index contributed by atoms with van der Waals surface area (Å²) in [6.07, 6.45) is 1.31. The summed E-state index contributed by atoms with van der Waals surface area (Å²) in [5.41, 5.74) is 3.53. The van der Waals surface area contributed by atoms with E-state index in [-0.39, 0.29) is 10.7 Å². The molecule has 11 heteroatoms. The Hall–Kier alpha value is -2.46. The monoisotopic (exact) mass is 362 g/mol. The first-order chi connectivity index (χ1) is 11.4. The van der Waals surface area contributed by atoms with Crippen molar-refractivity contribution in [3.8, 4) is 0 Å². The zero-order valence-corrected chi connectivity index (χ0v) is 14.3. The van der Waals surface area contributed by atoms with Crippen molar-refractivity contribution in [1.29, 1.82) is 0 Å². The average molecular weight is 362 g/mol. The normalized spacial score (nSPS) is 11.0. The Bertz CT molecular complexity index is 733. The van der Waals surface area contributed by atoms with Crippen LogP contribution in [0.25, 0.3) is 0 Å². The van der Waals surface area contributed by atoms with Crippen LogP contribution in [0.15, 0.2) is 18.3 Å². The summed E-state index contributed by atoms with van der Waals surface area (Å²) in [5, 5.41) is 11.0. The fourth-order valence-corrected chi connectivity index (χ4v) is 2.57. The van der Waals surface area contributed by atoms with Crippen molar-refractivity contribution >= 4 is 13.1 Å². The Morgan fingerprint density at radius 1 is 1.16 bits per heavy atom. The summed E-state index contributed by atoms with van der Waals surface area (Å²) in [6.45, 7) is 9.18. The van der Waals surface area contributed by atoms with Crippen molar-refractivity contribution in [3.63, 3.8) is 0 Å². The topological polar surface area (TPSA) is 64.8 Å². The number of pyridine rings is 1. The van der Waals surface area contributed by atoms with Crippen LogP contribution in [-0.4, -0.2) is 21.7 Å². The van der Waals surface area contributed by atoms with Gasteiger partial charge in [-0.3, -0.25) is 0 Å². The van der Waals surface area contributed by atoms with Crippen LogP contribution in [0.3, 0.4) is 0 Å². The number of nitrogens with zero attached hydrogens (tertiary/aromatic N) is 4. The van der Waals surface area contributed by atoms with Crippen LogP contribution in [0.4, 0.5) is 23.1 Å². The van der Waals surface area contributed by atoms with E-state index in [1.165, 1.54) is 11.8 Å². The Morgan fingerprint density at radius 2 is 1.64 bits per heavy atom. The van der Waals surface area contributed by atoms with E-state index in [2.05, 4.69) is 42.5 Å². The molecule has 0 saturated carbocycles. The summed E-state index contributed by atoms with van der Waals surface area (Å²) in [5.74, 6) is 0.713. The maximum atomic E-state index is 11.0. The van der Waals surface area contributed by atoms with Crippen LogP contribution < -0.4 is 4.57 Å². The van der Waals surface area contributed by atoms with Gasteiger partial charge in [0.25, 0.3) is 0 Å². The van der Waals surface area contributed by atoms with Crippen LogP contribution in [0.5, 0.6) is 0 Å². The van der Waals surface area contributed by atoms with Crippen molar-refractivity contribution in [2.24, 2.45) is 0 Å². The SMILES string of the molecule is Cc1cc(C)[n+](CCn2c([N+](=O)[O-])cnc2C)c(C)c1.F[B-](F)(F)F. The fourth-order valence-electron chi connectivity index (χ4n) is 2.57. The van der Waals surface area contributed by atoms with E-state index in [4.69, 9.17) is 0 Å². The van der Waals surface area contributed by atoms with Gasteiger partial charge < -0.3 is 27.4 Å². The maximum absolute atomic E-state index is 11.0. The summed E-state index contributed by atoms with van der Waals surface area (Å²) < 4.78 is 42.8. The molecule has 0 radical (unpaired) electrons. The molecule has 0 atom stereocenters. The molecule has 2 rings (SSSR count). The average Bonchev–Trinajstić information content (AvgIpc) is 2.77. The third-order valence-corrected chi connectivity index (χ3v) is 3.49. The maximum Gasteiger partial charge on any atom is 0.673 e. The van der Waals surface area contributed by atoms with Crippen LogP contribution >= 0.6 is 0 Å². The van der Waals surface area contributed by atoms with E-state index in [0.717, 1.165) is 11.4 Å². The Balaban J connectivity index is 0.000000550. The van der Waals surface area contributed by atoms with E-state index in [9.17, 15) is 27.4 Å². The van der Waals surface area contributed by atoms with Gasteiger partial charge in [-0.1, -0.05) is 0 Å². The van der Waals surface area contributed by atoms with Crippen molar-refractivity contribution < 1.29 is 26.8 Å². The number of nitro groups is 1. The molecule has 0 aliphatic heterocycles. The lowest BCUT2D eigenvalue weighted by Gasteiger charge is -2.06. The lowest BCUT2D eigenvalue weighted by molar-refractivity contribution is -0.709. The molecule has 2 heterocycles. The van der Waals surface area contributed by atoms with Gasteiger partial charge in [-0.15, -0.1) is 0 Å². The number of rotatable bonds is 4. The molecule has 25 heavy (non-hydrogen) atoms. The minimum atomic E-state index is -6.00. The number of imidazole rings is 1. The van der Waals surface area contributed by atoms with E-state index in [0.29, 0.717) is 18.9 Å². The molecule has 0 bridgehead atoms. The van der Waals surface area contributed by atoms with E-state index in [1.807, 2.05) is 0 Å². The number of aromatic nitrogens is 3. The van der Waals surface area contributed by atoms with Gasteiger partial charge >= 0.3 is 13.1 Å². The first kappa shape index (κ1) is 20.6. The third kappa shape index (κ3) is 6.51. The molecule has 2 aromatic heterocycles. The summed E-state index contributed by atoms with van der Waals surface area (Å²) in [7, 11) is -6.00. The molecular weight excluding hydrogens is 343 g/mol. The Kier molecular flexibility index (Phi) is 6.66. The second-order valence-electron chi connectivity index (χ2n) is 5.53. The molecule has 0 unspecified atom stereocenters. The van der Waals surface area contributed by atoms with Gasteiger partial charge in [-0.2, -0.15) is 4.57 Å². The zero-order valence-electron chi connectivity index (χ0n) is 14.3. The molecule has 0 spiro atoms. The first-order valence-corrected chi connectivity index (χ1v) is 7.41. The quantitative estimate of drug-likeness (QED) is 0.276. The van der Waals surface area contributed by atoms with E-state index < -0.39 is 7.25 Å². The molecule has 6 nitrogen and oxygen atoms in total. The van der Waals surface area contributed by atoms with Crippen LogP contribution in [0.1, 0.15) is 22.8 Å².